The second kappa shape index (κ2) is 17.8. The first-order valence-electron chi connectivity index (χ1n) is 19.0. The molecule has 0 N–H and O–H groups in total. The van der Waals surface area contributed by atoms with Gasteiger partial charge >= 0.3 is 10.4 Å². The number of hydrogen-bond acceptors (Lipinski definition) is 8. The fraction of sp³-hybridized carbons (Fsp3) is 0.0833. The van der Waals surface area contributed by atoms with Crippen LogP contribution >= 0.6 is 52.5 Å². The highest BCUT2D eigenvalue weighted by molar-refractivity contribution is 9.10. The van der Waals surface area contributed by atoms with Crippen LogP contribution in [-0.4, -0.2) is 53.4 Å². The van der Waals surface area contributed by atoms with Crippen molar-refractivity contribution < 1.29 is 15.7 Å². The number of nitrogens with zero attached hydrogens (tertiary/aromatic N) is 4. The first-order valence-corrected chi connectivity index (χ1v) is 26.7. The van der Waals surface area contributed by atoms with Crippen LogP contribution in [0.2, 0.25) is 0 Å². The third kappa shape index (κ3) is 9.58. The van der Waals surface area contributed by atoms with Crippen molar-refractivity contribution in [3.63, 3.8) is 0 Å². The second-order valence-electron chi connectivity index (χ2n) is 14.6. The van der Waals surface area contributed by atoms with Crippen molar-refractivity contribution in [2.24, 2.45) is 0 Å². The van der Waals surface area contributed by atoms with E-state index in [9.17, 15) is 8.42 Å². The summed E-state index contributed by atoms with van der Waals surface area (Å²) in [5, 5.41) is 0. The van der Waals surface area contributed by atoms with Gasteiger partial charge in [-0.1, -0.05) is 198 Å². The molecule has 8 aromatic rings. The molecule has 0 fully saturated rings. The van der Waals surface area contributed by atoms with Crippen molar-refractivity contribution in [3.05, 3.63) is 179 Å². The van der Waals surface area contributed by atoms with E-state index in [1.54, 1.807) is 25.0 Å². The Morgan fingerprint density at radius 3 is 0.885 bits per heavy atom. The van der Waals surface area contributed by atoms with E-state index in [2.05, 4.69) is 31.9 Å². The van der Waals surface area contributed by atoms with Gasteiger partial charge in [0.1, 0.15) is 0 Å². The van der Waals surface area contributed by atoms with Gasteiger partial charge in [0.15, 0.2) is 11.6 Å². The molecule has 0 bridgehead atoms. The number of benzene rings is 6. The van der Waals surface area contributed by atoms with Gasteiger partial charge in [-0.2, -0.15) is 15.7 Å². The first kappa shape index (κ1) is 42.7. The maximum atomic E-state index is 14.8. The summed E-state index contributed by atoms with van der Waals surface area (Å²) in [6.45, 7) is 0. The van der Waals surface area contributed by atoms with Crippen molar-refractivity contribution >= 4 is 62.9 Å². The summed E-state index contributed by atoms with van der Waals surface area (Å²) in [7, 11) is -10.3. The lowest BCUT2D eigenvalue weighted by Gasteiger charge is -2.37. The molecule has 6 aromatic carbocycles. The molecule has 2 heterocycles. The molecule has 0 aliphatic rings. The zero-order valence-electron chi connectivity index (χ0n) is 33.6. The molecule has 0 saturated carbocycles. The van der Waals surface area contributed by atoms with E-state index < -0.39 is 31.0 Å². The van der Waals surface area contributed by atoms with E-state index in [-0.39, 0.29) is 0 Å². The van der Waals surface area contributed by atoms with E-state index in [1.807, 2.05) is 170 Å². The second-order valence-corrected chi connectivity index (χ2v) is 24.1. The molecule has 0 saturated heterocycles. The quantitative estimate of drug-likeness (QED) is 0.119. The largest absolute Gasteiger partial charge is 0.419 e. The Labute approximate surface area is 377 Å². The summed E-state index contributed by atoms with van der Waals surface area (Å²) < 4.78 is 44.1. The molecule has 8 nitrogen and oxygen atoms in total. The monoisotopic (exact) mass is 990 g/mol. The molecule has 308 valence electrons. The van der Waals surface area contributed by atoms with Crippen molar-refractivity contribution in [1.29, 1.82) is 0 Å². The zero-order chi connectivity index (χ0) is 42.8. The standard InChI is InChI=1S/C48H40Br2N4O4S3/c1-59(2,45-41(33-17-9-5-10-18-33)51-47(37-21-13-7-14-22-37)53-43(45)35-25-29-39(49)30-26-35)57-61(55,56)58-60(3,4)46-42(34-19-11-6-12-20-34)52-48(38-23-15-8-16-24-38)54-44(46)36-27-31-40(50)32-28-36/h5-32H,1-4H3. The molecule has 0 aliphatic heterocycles. The molecule has 13 heteroatoms. The average molecular weight is 993 g/mol. The lowest BCUT2D eigenvalue weighted by Crippen LogP contribution is -2.19. The van der Waals surface area contributed by atoms with Crippen LogP contribution in [0.3, 0.4) is 0 Å². The molecule has 0 unspecified atom stereocenters. The average Bonchev–Trinajstić information content (AvgIpc) is 3.26. The van der Waals surface area contributed by atoms with Crippen LogP contribution in [0.1, 0.15) is 0 Å². The van der Waals surface area contributed by atoms with Crippen molar-refractivity contribution in [3.8, 4) is 67.8 Å². The summed E-state index contributed by atoms with van der Waals surface area (Å²) in [6, 6.07) is 54.3. The highest BCUT2D eigenvalue weighted by Crippen LogP contribution is 2.62. The van der Waals surface area contributed by atoms with Gasteiger partial charge in [-0.15, -0.1) is 0 Å². The van der Waals surface area contributed by atoms with Gasteiger partial charge in [0, 0.05) is 42.3 Å². The van der Waals surface area contributed by atoms with Gasteiger partial charge in [0.25, 0.3) is 0 Å². The Kier molecular flexibility index (Phi) is 12.4. The summed E-state index contributed by atoms with van der Waals surface area (Å²) in [5.74, 6) is 0.989. The molecule has 0 radical (unpaired) electrons. The molecular formula is C48H40Br2N4O4S3. The first-order chi connectivity index (χ1) is 29.3. The van der Waals surface area contributed by atoms with Crippen LogP contribution in [0.25, 0.3) is 67.8 Å². The number of halogens is 2. The molecule has 0 aliphatic carbocycles. The normalized spacial score (nSPS) is 12.6. The number of aromatic nitrogens is 4. The molecule has 0 atom stereocenters. The van der Waals surface area contributed by atoms with Gasteiger partial charge in [-0.25, -0.2) is 19.9 Å². The van der Waals surface area contributed by atoms with E-state index in [0.29, 0.717) is 44.2 Å². The minimum Gasteiger partial charge on any atom is -0.227 e. The lowest BCUT2D eigenvalue weighted by molar-refractivity contribution is 0.427. The van der Waals surface area contributed by atoms with Crippen LogP contribution in [0.15, 0.2) is 189 Å². The fourth-order valence-corrected chi connectivity index (χ4v) is 14.2. The topological polar surface area (TPSA) is 104 Å². The number of rotatable bonds is 12. The minimum absolute atomic E-state index is 0.494. The Bertz CT molecular complexity index is 2730. The Morgan fingerprint density at radius 2 is 0.607 bits per heavy atom. The zero-order valence-corrected chi connectivity index (χ0v) is 39.2. The predicted octanol–water partition coefficient (Wildman–Crippen LogP) is 13.4. The van der Waals surface area contributed by atoms with E-state index in [1.165, 1.54) is 0 Å². The van der Waals surface area contributed by atoms with Crippen LogP contribution in [-0.2, 0) is 17.7 Å². The molecular weight excluding hydrogens is 953 g/mol. The van der Waals surface area contributed by atoms with Crippen LogP contribution in [0, 0.1) is 0 Å². The Hall–Kier alpha value is -4.99. The van der Waals surface area contributed by atoms with Gasteiger partial charge < -0.3 is 0 Å². The molecule has 0 amide bonds. The van der Waals surface area contributed by atoms with E-state index in [0.717, 1.165) is 42.3 Å². The third-order valence-electron chi connectivity index (χ3n) is 9.61. The summed E-state index contributed by atoms with van der Waals surface area (Å²) in [5.41, 5.74) is 6.96. The SMILES string of the molecule is CS(C)(OS(=O)(=O)OS(C)(C)c1c(-c2ccccc2)nc(-c2ccccc2)nc1-c1ccc(Br)cc1)c1c(-c2ccccc2)nc(-c2ccccc2)nc1-c1ccc(Br)cc1. The van der Waals surface area contributed by atoms with Gasteiger partial charge in [-0.3, -0.25) is 0 Å². The molecule has 8 rings (SSSR count). The smallest absolute Gasteiger partial charge is 0.227 e. The predicted molar refractivity (Wildman–Crippen MR) is 259 cm³/mol. The third-order valence-corrected chi connectivity index (χ3v) is 17.5. The Balaban J connectivity index is 1.28. The van der Waals surface area contributed by atoms with Crippen molar-refractivity contribution in [1.82, 2.24) is 19.9 Å². The van der Waals surface area contributed by atoms with E-state index >= 15 is 0 Å². The summed E-state index contributed by atoms with van der Waals surface area (Å²) >= 11 is 7.13. The van der Waals surface area contributed by atoms with Crippen LogP contribution in [0.5, 0.6) is 0 Å². The van der Waals surface area contributed by atoms with Crippen molar-refractivity contribution in [2.45, 2.75) is 9.79 Å². The lowest BCUT2D eigenvalue weighted by atomic mass is 10.1. The molecule has 2 aromatic heterocycles. The number of hydrogen-bond donors (Lipinski definition) is 0. The van der Waals surface area contributed by atoms with Gasteiger partial charge in [0.2, 0.25) is 0 Å². The van der Waals surface area contributed by atoms with E-state index in [4.69, 9.17) is 27.2 Å². The molecule has 0 spiro atoms. The Morgan fingerprint density at radius 1 is 0.361 bits per heavy atom. The van der Waals surface area contributed by atoms with Gasteiger partial charge in [0.05, 0.1) is 32.6 Å². The fourth-order valence-electron chi connectivity index (χ4n) is 6.95. The maximum absolute atomic E-state index is 14.8. The highest BCUT2D eigenvalue weighted by Gasteiger charge is 2.38. The van der Waals surface area contributed by atoms with Gasteiger partial charge in [-0.05, 0) is 49.3 Å². The van der Waals surface area contributed by atoms with Crippen molar-refractivity contribution in [2.75, 3.05) is 25.0 Å². The maximum Gasteiger partial charge on any atom is 0.419 e. The minimum atomic E-state index is -4.78. The van der Waals surface area contributed by atoms with Crippen LogP contribution < -0.4 is 0 Å². The highest BCUT2D eigenvalue weighted by atomic mass is 79.9. The molecule has 61 heavy (non-hydrogen) atoms. The summed E-state index contributed by atoms with van der Waals surface area (Å²) in [6.07, 6.45) is 7.14. The van der Waals surface area contributed by atoms with Crippen LogP contribution in [0.4, 0.5) is 0 Å². The summed E-state index contributed by atoms with van der Waals surface area (Å²) in [4.78, 5) is 21.7.